The zero-order valence-corrected chi connectivity index (χ0v) is 22.6. The molecular weight excluding hydrogens is 508 g/mol. The molecule has 1 fully saturated rings. The number of carbonyl (C=O) groups excluding carboxylic acids is 6. The minimum absolute atomic E-state index is 0.00166. The first-order valence-electron chi connectivity index (χ1n) is 12.7. The smallest absolute Gasteiger partial charge is 0.226 e. The van der Waals surface area contributed by atoms with Crippen molar-refractivity contribution in [3.63, 3.8) is 0 Å². The Morgan fingerprint density at radius 1 is 0.897 bits per heavy atom. The maximum absolute atomic E-state index is 14.0. The van der Waals surface area contributed by atoms with Crippen LogP contribution in [0.5, 0.6) is 0 Å². The van der Waals surface area contributed by atoms with E-state index in [9.17, 15) is 33.9 Å². The summed E-state index contributed by atoms with van der Waals surface area (Å²) in [6.07, 6.45) is -0.113. The van der Waals surface area contributed by atoms with Gasteiger partial charge in [0.1, 0.15) is 5.78 Å². The molecule has 0 spiro atoms. The average Bonchev–Trinajstić information content (AvgIpc) is 2.88. The van der Waals surface area contributed by atoms with Crippen LogP contribution in [-0.2, 0) is 38.2 Å². The SMILES string of the molecule is COC1=C(C)C(=O)C2=C(C1=O)[C@@H]1[C@@H]3CC4=C(C(=O)C(OC)=C(C)C4=O)[C@H](CO)N3[C@@H](CC(C)=O)[C@H](C2=O)N1C. The number of fused-ring (bicyclic) bond motifs is 5. The van der Waals surface area contributed by atoms with Gasteiger partial charge in [0.15, 0.2) is 28.9 Å². The third kappa shape index (κ3) is 3.46. The van der Waals surface area contributed by atoms with Crippen molar-refractivity contribution < 1.29 is 43.3 Å². The number of ether oxygens (including phenoxy) is 2. The molecule has 11 heteroatoms. The van der Waals surface area contributed by atoms with Gasteiger partial charge in [0.2, 0.25) is 11.6 Å². The van der Waals surface area contributed by atoms with Gasteiger partial charge in [0.25, 0.3) is 0 Å². The molecule has 39 heavy (non-hydrogen) atoms. The number of aliphatic hydroxyl groups is 1. The second-order valence-electron chi connectivity index (χ2n) is 10.6. The summed E-state index contributed by atoms with van der Waals surface area (Å²) in [5, 5.41) is 10.6. The molecular formula is C28H30N2O9. The molecule has 0 unspecified atom stereocenters. The topological polar surface area (TPSA) is 148 Å². The number of hydrogen-bond donors (Lipinski definition) is 1. The lowest BCUT2D eigenvalue weighted by Gasteiger charge is -2.61. The maximum Gasteiger partial charge on any atom is 0.226 e. The fraction of sp³-hybridized carbons (Fsp3) is 0.500. The van der Waals surface area contributed by atoms with Gasteiger partial charge >= 0.3 is 0 Å². The average molecular weight is 539 g/mol. The molecule has 0 aromatic carbocycles. The number of ketones is 6. The Morgan fingerprint density at radius 2 is 1.46 bits per heavy atom. The number of methoxy groups -OCH3 is 2. The lowest BCUT2D eigenvalue weighted by Crippen LogP contribution is -2.76. The molecule has 1 N–H and O–H groups in total. The number of hydrogen-bond acceptors (Lipinski definition) is 11. The van der Waals surface area contributed by atoms with Crippen LogP contribution in [0.4, 0.5) is 0 Å². The van der Waals surface area contributed by atoms with E-state index in [1.54, 1.807) is 16.8 Å². The number of aliphatic hydroxyl groups excluding tert-OH is 1. The Balaban J connectivity index is 1.77. The molecule has 3 heterocycles. The van der Waals surface area contributed by atoms with Crippen molar-refractivity contribution in [1.82, 2.24) is 9.80 Å². The van der Waals surface area contributed by atoms with Crippen LogP contribution in [-0.4, -0.2) is 108 Å². The Bertz CT molecular complexity index is 1410. The molecule has 1 saturated heterocycles. The Hall–Kier alpha value is -3.54. The Kier molecular flexibility index (Phi) is 6.44. The number of likely N-dealkylation sites (N-methyl/N-ethyl adjacent to an activating group) is 1. The van der Waals surface area contributed by atoms with Gasteiger partial charge in [-0.05, 0) is 34.2 Å². The summed E-state index contributed by atoms with van der Waals surface area (Å²) in [4.78, 5) is 84.1. The van der Waals surface area contributed by atoms with E-state index in [2.05, 4.69) is 0 Å². The van der Waals surface area contributed by atoms with Crippen molar-refractivity contribution in [3.8, 4) is 0 Å². The van der Waals surface area contributed by atoms with E-state index in [4.69, 9.17) is 9.47 Å². The van der Waals surface area contributed by atoms with Crippen molar-refractivity contribution in [3.05, 3.63) is 45.0 Å². The van der Waals surface area contributed by atoms with E-state index in [-0.39, 0.29) is 63.6 Å². The van der Waals surface area contributed by atoms with Gasteiger partial charge in [-0.25, -0.2) is 0 Å². The summed E-state index contributed by atoms with van der Waals surface area (Å²) in [6.45, 7) is 3.71. The van der Waals surface area contributed by atoms with Crippen molar-refractivity contribution in [2.24, 2.45) is 0 Å². The van der Waals surface area contributed by atoms with Crippen LogP contribution < -0.4 is 0 Å². The van der Waals surface area contributed by atoms with E-state index in [1.165, 1.54) is 35.0 Å². The van der Waals surface area contributed by atoms with Crippen LogP contribution in [0.25, 0.3) is 0 Å². The van der Waals surface area contributed by atoms with Gasteiger partial charge in [-0.3, -0.25) is 38.6 Å². The quantitative estimate of drug-likeness (QED) is 0.366. The number of nitrogens with zero attached hydrogens (tertiary/aromatic N) is 2. The largest absolute Gasteiger partial charge is 0.492 e. The summed E-state index contributed by atoms with van der Waals surface area (Å²) >= 11 is 0. The summed E-state index contributed by atoms with van der Waals surface area (Å²) in [6, 6.07) is -4.45. The van der Waals surface area contributed by atoms with Gasteiger partial charge in [-0.15, -0.1) is 0 Å². The number of carbonyl (C=O) groups is 6. The molecule has 2 aliphatic carbocycles. The number of piperazine rings is 1. The molecule has 0 radical (unpaired) electrons. The summed E-state index contributed by atoms with van der Waals surface area (Å²) in [5.41, 5.74) is 0.181. The van der Waals surface area contributed by atoms with Crippen LogP contribution in [0.15, 0.2) is 45.0 Å². The molecule has 3 aliphatic heterocycles. The van der Waals surface area contributed by atoms with Crippen LogP contribution in [0.2, 0.25) is 0 Å². The van der Waals surface area contributed by atoms with Crippen LogP contribution >= 0.6 is 0 Å². The lowest BCUT2D eigenvalue weighted by molar-refractivity contribution is -0.144. The van der Waals surface area contributed by atoms with Crippen molar-refractivity contribution in [2.75, 3.05) is 27.9 Å². The van der Waals surface area contributed by atoms with Gasteiger partial charge in [-0.1, -0.05) is 0 Å². The van der Waals surface area contributed by atoms with Crippen molar-refractivity contribution >= 4 is 34.7 Å². The molecule has 206 valence electrons. The molecule has 0 amide bonds. The Morgan fingerprint density at radius 3 is 2.00 bits per heavy atom. The van der Waals surface area contributed by atoms with Gasteiger partial charge < -0.3 is 14.6 Å². The standard InChI is InChI=1S/C28H30N2O9/c1-10(32)7-14-21-24(35)19-18(26(37)28(39-6)12(3)23(19)34)20(29(21)4)15-8-13-17(16(9-31)30(14)15)25(36)27(38-5)11(2)22(13)33/h14-16,20-21,31H,7-9H2,1-6H3/t14-,15-,16-,20-,21+/m0/s1. The molecule has 0 saturated carbocycles. The Labute approximate surface area is 224 Å². The van der Waals surface area contributed by atoms with E-state index in [0.717, 1.165) is 0 Å². The first-order valence-corrected chi connectivity index (χ1v) is 12.7. The molecule has 0 aromatic rings. The van der Waals surface area contributed by atoms with E-state index in [0.29, 0.717) is 0 Å². The molecule has 5 atom stereocenters. The van der Waals surface area contributed by atoms with Gasteiger partial charge in [-0.2, -0.15) is 0 Å². The summed E-state index contributed by atoms with van der Waals surface area (Å²) < 4.78 is 10.5. The first-order chi connectivity index (χ1) is 18.4. The normalized spacial score (nSPS) is 31.6. The van der Waals surface area contributed by atoms with E-state index in [1.807, 2.05) is 0 Å². The van der Waals surface area contributed by atoms with Crippen LogP contribution in [0.3, 0.4) is 0 Å². The summed E-state index contributed by atoms with van der Waals surface area (Å²) in [5.74, 6) is -3.26. The van der Waals surface area contributed by atoms with Gasteiger partial charge in [0, 0.05) is 46.4 Å². The highest BCUT2D eigenvalue weighted by atomic mass is 16.5. The molecule has 5 rings (SSSR count). The highest BCUT2D eigenvalue weighted by Crippen LogP contribution is 2.48. The third-order valence-electron chi connectivity index (χ3n) is 8.73. The van der Waals surface area contributed by atoms with Crippen molar-refractivity contribution in [2.45, 2.75) is 63.8 Å². The second kappa shape index (κ2) is 9.29. The van der Waals surface area contributed by atoms with Gasteiger partial charge in [0.05, 0.1) is 44.5 Å². The number of rotatable bonds is 5. The zero-order chi connectivity index (χ0) is 28.7. The predicted octanol–water partition coefficient (Wildman–Crippen LogP) is -0.228. The first kappa shape index (κ1) is 27.0. The maximum atomic E-state index is 14.0. The molecule has 11 nitrogen and oxygen atoms in total. The summed E-state index contributed by atoms with van der Waals surface area (Å²) in [7, 11) is 4.21. The molecule has 0 aromatic heterocycles. The van der Waals surface area contributed by atoms with E-state index < -0.39 is 65.7 Å². The minimum Gasteiger partial charge on any atom is -0.492 e. The third-order valence-corrected chi connectivity index (χ3v) is 8.73. The lowest BCUT2D eigenvalue weighted by atomic mass is 9.66. The molecule has 5 aliphatic rings. The predicted molar refractivity (Wildman–Crippen MR) is 134 cm³/mol. The number of Topliss-reactive ketones (excluding diaryl/α,β-unsaturated/α-hetero) is 6. The highest BCUT2D eigenvalue weighted by Gasteiger charge is 2.62. The number of allylic oxidation sites excluding steroid dienone is 4. The minimum atomic E-state index is -1.04. The fourth-order valence-electron chi connectivity index (χ4n) is 7.20. The molecule has 2 bridgehead atoms. The van der Waals surface area contributed by atoms with E-state index >= 15 is 0 Å². The fourth-order valence-corrected chi connectivity index (χ4v) is 7.20. The van der Waals surface area contributed by atoms with Crippen molar-refractivity contribution in [1.29, 1.82) is 0 Å². The van der Waals surface area contributed by atoms with Crippen LogP contribution in [0, 0.1) is 0 Å². The van der Waals surface area contributed by atoms with Crippen LogP contribution in [0.1, 0.15) is 33.6 Å². The zero-order valence-electron chi connectivity index (χ0n) is 22.6. The highest BCUT2D eigenvalue weighted by molar-refractivity contribution is 6.37. The second-order valence-corrected chi connectivity index (χ2v) is 10.6. The monoisotopic (exact) mass is 538 g/mol.